The number of nitrogens with zero attached hydrogens (tertiary/aromatic N) is 4. The van der Waals surface area contributed by atoms with Crippen LogP contribution in [0.1, 0.15) is 37.8 Å². The summed E-state index contributed by atoms with van der Waals surface area (Å²) in [7, 11) is 0. The van der Waals surface area contributed by atoms with Crippen molar-refractivity contribution in [3.8, 4) is 11.5 Å². The largest absolute Gasteiger partial charge is 0.451 e. The van der Waals surface area contributed by atoms with Gasteiger partial charge < -0.3 is 9.15 Å². The third kappa shape index (κ3) is 4.14. The van der Waals surface area contributed by atoms with E-state index in [1.807, 2.05) is 62.4 Å². The number of aromatic nitrogens is 4. The summed E-state index contributed by atoms with van der Waals surface area (Å²) in [6, 6.07) is 15.1. The lowest BCUT2D eigenvalue weighted by Gasteiger charge is -2.10. The summed E-state index contributed by atoms with van der Waals surface area (Å²) in [5, 5.41) is 8.05. The van der Waals surface area contributed by atoms with E-state index >= 15 is 0 Å². The van der Waals surface area contributed by atoms with Crippen molar-refractivity contribution in [2.24, 2.45) is 0 Å². The number of rotatable bonds is 7. The Morgan fingerprint density at radius 2 is 1.74 bits per heavy atom. The van der Waals surface area contributed by atoms with Gasteiger partial charge in [0.1, 0.15) is 6.54 Å². The summed E-state index contributed by atoms with van der Waals surface area (Å²) in [6.45, 7) is 6.05. The molecule has 0 bridgehead atoms. The molecule has 0 aliphatic rings. The molecular formula is C23H24N4O4. The van der Waals surface area contributed by atoms with Crippen molar-refractivity contribution in [3.63, 3.8) is 0 Å². The van der Waals surface area contributed by atoms with Crippen LogP contribution in [0.4, 0.5) is 0 Å². The molecule has 1 atom stereocenters. The lowest BCUT2D eigenvalue weighted by molar-refractivity contribution is -0.150. The number of esters is 1. The molecule has 0 N–H and O–H groups in total. The van der Waals surface area contributed by atoms with Crippen LogP contribution >= 0.6 is 0 Å². The van der Waals surface area contributed by atoms with E-state index < -0.39 is 12.1 Å². The Labute approximate surface area is 179 Å². The molecule has 31 heavy (non-hydrogen) atoms. The van der Waals surface area contributed by atoms with Crippen molar-refractivity contribution in [2.45, 2.75) is 46.4 Å². The fourth-order valence-electron chi connectivity index (χ4n) is 3.49. The Bertz CT molecular complexity index is 1270. The van der Waals surface area contributed by atoms with Crippen molar-refractivity contribution in [3.05, 3.63) is 70.5 Å². The van der Waals surface area contributed by atoms with E-state index in [0.717, 1.165) is 23.1 Å². The molecule has 4 rings (SSSR count). The predicted molar refractivity (Wildman–Crippen MR) is 115 cm³/mol. The Morgan fingerprint density at radius 1 is 1.06 bits per heavy atom. The highest BCUT2D eigenvalue weighted by Gasteiger charge is 2.21. The molecule has 0 aliphatic carbocycles. The summed E-state index contributed by atoms with van der Waals surface area (Å²) < 4.78 is 14.3. The van der Waals surface area contributed by atoms with E-state index in [0.29, 0.717) is 18.0 Å². The second-order valence-corrected chi connectivity index (χ2v) is 7.45. The van der Waals surface area contributed by atoms with Crippen LogP contribution in [0.15, 0.2) is 57.7 Å². The van der Waals surface area contributed by atoms with E-state index in [1.54, 1.807) is 11.5 Å². The molecule has 160 valence electrons. The quantitative estimate of drug-likeness (QED) is 0.421. The summed E-state index contributed by atoms with van der Waals surface area (Å²) in [4.78, 5) is 25.4. The summed E-state index contributed by atoms with van der Waals surface area (Å²) >= 11 is 0. The topological polar surface area (TPSA) is 92.2 Å². The van der Waals surface area contributed by atoms with Crippen LogP contribution in [0.25, 0.3) is 22.5 Å². The number of carbonyl (C=O) groups excluding carboxylic acids is 1. The maximum atomic E-state index is 12.8. The molecule has 8 heteroatoms. The number of aryl methyl sites for hydroxylation is 2. The zero-order valence-electron chi connectivity index (χ0n) is 17.7. The summed E-state index contributed by atoms with van der Waals surface area (Å²) in [5.74, 6) is 0.00512. The average Bonchev–Trinajstić information content (AvgIpc) is 3.35. The van der Waals surface area contributed by atoms with Crippen molar-refractivity contribution >= 4 is 17.0 Å². The smallest absolute Gasteiger partial charge is 0.329 e. The first-order valence-electron chi connectivity index (χ1n) is 10.3. The van der Waals surface area contributed by atoms with Crippen LogP contribution in [0.3, 0.4) is 0 Å². The first-order chi connectivity index (χ1) is 15.0. The molecule has 0 fully saturated rings. The Kier molecular flexibility index (Phi) is 5.70. The van der Waals surface area contributed by atoms with Gasteiger partial charge in [-0.05, 0) is 44.5 Å². The number of fused-ring (bicyclic) bond motifs is 1. The van der Waals surface area contributed by atoms with Crippen LogP contribution in [0, 0.1) is 6.92 Å². The van der Waals surface area contributed by atoms with E-state index in [9.17, 15) is 9.59 Å². The highest BCUT2D eigenvalue weighted by molar-refractivity contribution is 5.78. The molecule has 2 aromatic heterocycles. The number of hydrogen-bond acceptors (Lipinski definition) is 6. The molecule has 0 spiro atoms. The van der Waals surface area contributed by atoms with Gasteiger partial charge in [-0.1, -0.05) is 36.8 Å². The van der Waals surface area contributed by atoms with E-state index in [-0.39, 0.29) is 18.1 Å². The summed E-state index contributed by atoms with van der Waals surface area (Å²) in [5.41, 5.74) is 3.19. The average molecular weight is 420 g/mol. The SMILES string of the molecule is CCCn1c(=O)n(CC(=O)OC(C)c2nnc(-c3ccc(C)cc3)o2)c2ccccc21. The van der Waals surface area contributed by atoms with Gasteiger partial charge in [0.25, 0.3) is 5.89 Å². The number of para-hydroxylation sites is 2. The first kappa shape index (κ1) is 20.6. The minimum Gasteiger partial charge on any atom is -0.451 e. The first-order valence-corrected chi connectivity index (χ1v) is 10.3. The second-order valence-electron chi connectivity index (χ2n) is 7.45. The van der Waals surface area contributed by atoms with Gasteiger partial charge in [-0.25, -0.2) is 4.79 Å². The number of imidazole rings is 1. The number of benzene rings is 2. The number of hydrogen-bond donors (Lipinski definition) is 0. The molecule has 0 amide bonds. The van der Waals surface area contributed by atoms with Crippen LogP contribution in [0.2, 0.25) is 0 Å². The highest BCUT2D eigenvalue weighted by Crippen LogP contribution is 2.23. The maximum Gasteiger partial charge on any atom is 0.329 e. The van der Waals surface area contributed by atoms with Crippen LogP contribution in [0.5, 0.6) is 0 Å². The zero-order chi connectivity index (χ0) is 22.0. The highest BCUT2D eigenvalue weighted by atomic mass is 16.6. The maximum absolute atomic E-state index is 12.8. The lowest BCUT2D eigenvalue weighted by Crippen LogP contribution is -2.28. The van der Waals surface area contributed by atoms with Crippen molar-refractivity contribution < 1.29 is 13.9 Å². The minimum absolute atomic E-state index is 0.195. The van der Waals surface area contributed by atoms with E-state index in [2.05, 4.69) is 10.2 Å². The van der Waals surface area contributed by atoms with Crippen LogP contribution < -0.4 is 5.69 Å². The lowest BCUT2D eigenvalue weighted by atomic mass is 10.1. The molecule has 0 radical (unpaired) electrons. The van der Waals surface area contributed by atoms with Gasteiger partial charge in [-0.15, -0.1) is 10.2 Å². The second kappa shape index (κ2) is 8.59. The van der Waals surface area contributed by atoms with Gasteiger partial charge in [0.2, 0.25) is 5.89 Å². The normalized spacial score (nSPS) is 12.2. The van der Waals surface area contributed by atoms with E-state index in [4.69, 9.17) is 9.15 Å². The minimum atomic E-state index is -0.737. The van der Waals surface area contributed by atoms with Gasteiger partial charge >= 0.3 is 11.7 Å². The van der Waals surface area contributed by atoms with E-state index in [1.165, 1.54) is 4.57 Å². The molecule has 0 aliphatic heterocycles. The van der Waals surface area contributed by atoms with Gasteiger partial charge in [-0.2, -0.15) is 0 Å². The molecular weight excluding hydrogens is 396 g/mol. The third-order valence-corrected chi connectivity index (χ3v) is 5.05. The van der Waals surface area contributed by atoms with Crippen LogP contribution in [-0.4, -0.2) is 25.3 Å². The number of ether oxygens (including phenoxy) is 1. The predicted octanol–water partition coefficient (Wildman–Crippen LogP) is 3.88. The Balaban J connectivity index is 1.50. The van der Waals surface area contributed by atoms with Gasteiger partial charge in [-0.3, -0.25) is 13.9 Å². The van der Waals surface area contributed by atoms with Crippen LogP contribution in [-0.2, 0) is 22.6 Å². The van der Waals surface area contributed by atoms with Gasteiger partial charge in [0.05, 0.1) is 11.0 Å². The molecule has 2 heterocycles. The number of carbonyl (C=O) groups is 1. The Hall–Kier alpha value is -3.68. The molecule has 8 nitrogen and oxygen atoms in total. The van der Waals surface area contributed by atoms with Crippen molar-refractivity contribution in [1.82, 2.24) is 19.3 Å². The fourth-order valence-corrected chi connectivity index (χ4v) is 3.49. The standard InChI is InChI=1S/C23H24N4O4/c1-4-13-26-18-7-5-6-8-19(18)27(23(26)29)14-20(28)30-16(3)21-24-25-22(31-21)17-11-9-15(2)10-12-17/h5-12,16H,4,13-14H2,1-3H3. The van der Waals surface area contributed by atoms with Gasteiger partial charge in [0.15, 0.2) is 6.10 Å². The fraction of sp³-hybridized carbons (Fsp3) is 0.304. The molecule has 0 saturated heterocycles. The van der Waals surface area contributed by atoms with Crippen molar-refractivity contribution in [2.75, 3.05) is 0 Å². The molecule has 1 unspecified atom stereocenters. The zero-order valence-corrected chi connectivity index (χ0v) is 17.7. The Morgan fingerprint density at radius 3 is 2.42 bits per heavy atom. The van der Waals surface area contributed by atoms with Crippen molar-refractivity contribution in [1.29, 1.82) is 0 Å². The molecule has 2 aromatic carbocycles. The third-order valence-electron chi connectivity index (χ3n) is 5.05. The monoisotopic (exact) mass is 420 g/mol. The summed E-state index contributed by atoms with van der Waals surface area (Å²) in [6.07, 6.45) is 0.0782. The molecule has 4 aromatic rings. The molecule has 0 saturated carbocycles. The van der Waals surface area contributed by atoms with Gasteiger partial charge in [0, 0.05) is 12.1 Å².